The molecule has 2 aliphatic carbocycles. The molecule has 2 amide bonds. The zero-order chi connectivity index (χ0) is 25.8. The monoisotopic (exact) mass is 506 g/mol. The van der Waals surface area contributed by atoms with Crippen LogP contribution in [0.25, 0.3) is 22.0 Å². The second-order valence-electron chi connectivity index (χ2n) is 10.2. The third-order valence-corrected chi connectivity index (χ3v) is 6.96. The van der Waals surface area contributed by atoms with Gasteiger partial charge in [-0.25, -0.2) is 14.2 Å². The van der Waals surface area contributed by atoms with Crippen LogP contribution in [0.5, 0.6) is 0 Å². The van der Waals surface area contributed by atoms with E-state index < -0.39 is 0 Å². The summed E-state index contributed by atoms with van der Waals surface area (Å²) in [6, 6.07) is 13.3. The number of fused-ring (bicyclic) bond motifs is 1. The second-order valence-corrected chi connectivity index (χ2v) is 10.2. The highest BCUT2D eigenvalue weighted by atomic mass is 19.1. The molecule has 3 aromatic rings. The first kappa shape index (κ1) is 25.2. The van der Waals surface area contributed by atoms with Crippen LogP contribution in [-0.4, -0.2) is 53.9 Å². The number of benzene rings is 2. The molecule has 0 spiro atoms. The molecule has 1 aromatic heterocycles. The molecule has 2 aromatic carbocycles. The Labute approximate surface area is 216 Å². The van der Waals surface area contributed by atoms with Gasteiger partial charge >= 0.3 is 6.03 Å². The lowest BCUT2D eigenvalue weighted by Gasteiger charge is -2.30. The minimum Gasteiger partial charge on any atom is -0.383 e. The van der Waals surface area contributed by atoms with E-state index in [1.54, 1.807) is 13.2 Å². The van der Waals surface area contributed by atoms with Crippen molar-refractivity contribution in [2.75, 3.05) is 24.4 Å². The van der Waals surface area contributed by atoms with Crippen LogP contribution in [0.4, 0.5) is 21.0 Å². The van der Waals surface area contributed by atoms with Crippen LogP contribution >= 0.6 is 0 Å². The molecule has 2 saturated carbocycles. The number of nitrogens with zero attached hydrogens (tertiary/aromatic N) is 2. The van der Waals surface area contributed by atoms with Crippen LogP contribution in [0.15, 0.2) is 42.5 Å². The molecule has 196 valence electrons. The van der Waals surface area contributed by atoms with Crippen molar-refractivity contribution in [2.24, 2.45) is 0 Å². The molecule has 4 N–H and O–H groups in total. The van der Waals surface area contributed by atoms with Crippen LogP contribution in [0, 0.1) is 5.82 Å². The first-order valence-electron chi connectivity index (χ1n) is 13.1. The fourth-order valence-electron chi connectivity index (χ4n) is 4.88. The van der Waals surface area contributed by atoms with Crippen LogP contribution in [0.3, 0.4) is 0 Å². The molecule has 9 heteroatoms. The third-order valence-electron chi connectivity index (χ3n) is 6.96. The number of rotatable bonds is 9. The smallest absolute Gasteiger partial charge is 0.315 e. The van der Waals surface area contributed by atoms with Gasteiger partial charge < -0.3 is 26.0 Å². The number of aromatic nitrogens is 2. The Morgan fingerprint density at radius 2 is 1.65 bits per heavy atom. The minimum absolute atomic E-state index is 0.0464. The molecule has 0 unspecified atom stereocenters. The van der Waals surface area contributed by atoms with E-state index in [1.165, 1.54) is 12.1 Å². The normalized spacial score (nSPS) is 20.3. The summed E-state index contributed by atoms with van der Waals surface area (Å²) in [5, 5.41) is 14.0. The van der Waals surface area contributed by atoms with Crippen LogP contribution in [0.1, 0.15) is 45.4 Å². The Kier molecular flexibility index (Phi) is 7.69. The van der Waals surface area contributed by atoms with Crippen molar-refractivity contribution >= 4 is 28.7 Å². The molecular formula is C28H35FN6O2. The lowest BCUT2D eigenvalue weighted by atomic mass is 9.91. The summed E-state index contributed by atoms with van der Waals surface area (Å²) in [6.07, 6.45) is 5.82. The zero-order valence-electron chi connectivity index (χ0n) is 21.4. The number of carbonyl (C=O) groups excluding carboxylic acids is 1. The van der Waals surface area contributed by atoms with Crippen molar-refractivity contribution in [3.8, 4) is 11.1 Å². The Morgan fingerprint density at radius 1 is 0.973 bits per heavy atom. The van der Waals surface area contributed by atoms with E-state index in [9.17, 15) is 9.18 Å². The van der Waals surface area contributed by atoms with Gasteiger partial charge in [0.1, 0.15) is 11.6 Å². The molecular weight excluding hydrogens is 471 g/mol. The first-order chi connectivity index (χ1) is 18.0. The van der Waals surface area contributed by atoms with E-state index in [2.05, 4.69) is 21.3 Å². The molecule has 5 rings (SSSR count). The zero-order valence-corrected chi connectivity index (χ0v) is 21.4. The first-order valence-corrected chi connectivity index (χ1v) is 13.1. The van der Waals surface area contributed by atoms with Gasteiger partial charge in [0, 0.05) is 36.7 Å². The number of urea groups is 1. The van der Waals surface area contributed by atoms with Gasteiger partial charge in [-0.05, 0) is 80.8 Å². The molecule has 8 nitrogen and oxygen atoms in total. The maximum atomic E-state index is 13.9. The van der Waals surface area contributed by atoms with E-state index in [0.29, 0.717) is 18.6 Å². The topological polar surface area (TPSA) is 100 Å². The SMILES string of the molecule is COC[C@@H](C)Nc1nc(NC2CCC(NC(=O)NC3CC3)CC2)c2cc(-c3cccc(F)c3)ccc2n1. The predicted molar refractivity (Wildman–Crippen MR) is 144 cm³/mol. The molecule has 2 aliphatic rings. The molecule has 0 saturated heterocycles. The minimum atomic E-state index is -0.268. The highest BCUT2D eigenvalue weighted by molar-refractivity contribution is 5.93. The maximum Gasteiger partial charge on any atom is 0.315 e. The molecule has 0 aliphatic heterocycles. The third kappa shape index (κ3) is 6.65. The summed E-state index contributed by atoms with van der Waals surface area (Å²) >= 11 is 0. The summed E-state index contributed by atoms with van der Waals surface area (Å²) in [5.74, 6) is 1.01. The molecule has 0 bridgehead atoms. The molecule has 1 atom stereocenters. The Bertz CT molecular complexity index is 1240. The van der Waals surface area contributed by atoms with E-state index >= 15 is 0 Å². The van der Waals surface area contributed by atoms with E-state index in [4.69, 9.17) is 14.7 Å². The summed E-state index contributed by atoms with van der Waals surface area (Å²) in [6.45, 7) is 2.55. The predicted octanol–water partition coefficient (Wildman–Crippen LogP) is 5.07. The van der Waals surface area contributed by atoms with Crippen molar-refractivity contribution in [2.45, 2.75) is 69.6 Å². The highest BCUT2D eigenvalue weighted by Gasteiger charge is 2.27. The number of anilines is 2. The maximum absolute atomic E-state index is 13.9. The molecule has 2 fully saturated rings. The number of amides is 2. The lowest BCUT2D eigenvalue weighted by molar-refractivity contribution is 0.190. The fourth-order valence-corrected chi connectivity index (χ4v) is 4.88. The fraction of sp³-hybridized carbons (Fsp3) is 0.464. The number of hydrogen-bond acceptors (Lipinski definition) is 6. The molecule has 1 heterocycles. The van der Waals surface area contributed by atoms with E-state index in [0.717, 1.165) is 66.4 Å². The van der Waals surface area contributed by atoms with Crippen molar-refractivity contribution < 1.29 is 13.9 Å². The van der Waals surface area contributed by atoms with Crippen molar-refractivity contribution in [1.29, 1.82) is 0 Å². The summed E-state index contributed by atoms with van der Waals surface area (Å²) < 4.78 is 19.1. The number of methoxy groups -OCH3 is 1. The number of carbonyl (C=O) groups is 1. The quantitative estimate of drug-likeness (QED) is 0.323. The number of halogens is 1. The number of ether oxygens (including phenoxy) is 1. The number of hydrogen-bond donors (Lipinski definition) is 4. The molecule has 0 radical (unpaired) electrons. The van der Waals surface area contributed by atoms with E-state index in [1.807, 2.05) is 31.2 Å². The van der Waals surface area contributed by atoms with Gasteiger partial charge in [0.15, 0.2) is 0 Å². The van der Waals surface area contributed by atoms with Gasteiger partial charge in [-0.2, -0.15) is 4.98 Å². The van der Waals surface area contributed by atoms with Gasteiger partial charge in [-0.1, -0.05) is 18.2 Å². The summed E-state index contributed by atoms with van der Waals surface area (Å²) in [5.41, 5.74) is 2.51. The number of nitrogens with one attached hydrogen (secondary N) is 4. The van der Waals surface area contributed by atoms with Crippen molar-refractivity contribution in [3.63, 3.8) is 0 Å². The van der Waals surface area contributed by atoms with Gasteiger partial charge in [0.25, 0.3) is 0 Å². The molecule has 37 heavy (non-hydrogen) atoms. The lowest BCUT2D eigenvalue weighted by Crippen LogP contribution is -2.45. The van der Waals surface area contributed by atoms with Gasteiger partial charge in [-0.15, -0.1) is 0 Å². The average Bonchev–Trinajstić information content (AvgIpc) is 3.69. The van der Waals surface area contributed by atoms with Crippen LogP contribution < -0.4 is 21.3 Å². The van der Waals surface area contributed by atoms with Crippen molar-refractivity contribution in [1.82, 2.24) is 20.6 Å². The summed E-state index contributed by atoms with van der Waals surface area (Å²) in [7, 11) is 1.67. The summed E-state index contributed by atoms with van der Waals surface area (Å²) in [4.78, 5) is 21.7. The van der Waals surface area contributed by atoms with Crippen LogP contribution in [0.2, 0.25) is 0 Å². The second kappa shape index (κ2) is 11.3. The Hall–Kier alpha value is -3.46. The van der Waals surface area contributed by atoms with Crippen molar-refractivity contribution in [3.05, 3.63) is 48.3 Å². The largest absolute Gasteiger partial charge is 0.383 e. The van der Waals surface area contributed by atoms with E-state index in [-0.39, 0.29) is 30.0 Å². The van der Waals surface area contributed by atoms with Gasteiger partial charge in [0.2, 0.25) is 5.95 Å². The standard InChI is InChI=1S/C28H35FN6O2/c1-17(16-37-2)30-27-34-25-13-6-19(18-4-3-5-20(29)14-18)15-24(25)26(35-27)31-21-7-9-22(10-8-21)32-28(36)33-23-11-12-23/h3-6,13-15,17,21-23H,7-12,16H2,1-2H3,(H2,32,33,36)(H2,30,31,34,35)/t17-,21?,22?/m1/s1. The average molecular weight is 507 g/mol. The Morgan fingerprint density at radius 3 is 2.32 bits per heavy atom. The highest BCUT2D eigenvalue weighted by Crippen LogP contribution is 2.31. The Balaban J connectivity index is 1.35. The van der Waals surface area contributed by atoms with Gasteiger partial charge in [-0.3, -0.25) is 0 Å². The van der Waals surface area contributed by atoms with Crippen LogP contribution in [-0.2, 0) is 4.74 Å². The van der Waals surface area contributed by atoms with Gasteiger partial charge in [0.05, 0.1) is 12.1 Å².